The average molecular weight is 411 g/mol. The third kappa shape index (κ3) is 7.86. The summed E-state index contributed by atoms with van der Waals surface area (Å²) in [5.74, 6) is 0. The number of aryl methyl sites for hydroxylation is 1. The Labute approximate surface area is 162 Å². The molecule has 2 rings (SSSR count). The largest absolute Gasteiger partial charge is 0.354 e. The molecule has 0 aliphatic carbocycles. The Bertz CT molecular complexity index is 929. The Morgan fingerprint density at radius 2 is 1.93 bits per heavy atom. The average Bonchev–Trinajstić information content (AvgIpc) is 2.53. The van der Waals surface area contributed by atoms with E-state index in [1.165, 1.54) is 18.5 Å². The maximum Gasteiger partial charge on any atom is 0.328 e. The second-order valence-corrected chi connectivity index (χ2v) is 7.49. The van der Waals surface area contributed by atoms with Crippen molar-refractivity contribution in [2.75, 3.05) is 5.32 Å². The molecule has 0 fully saturated rings. The van der Waals surface area contributed by atoms with Gasteiger partial charge < -0.3 is 15.8 Å². The predicted octanol–water partition coefficient (Wildman–Crippen LogP) is 2.18. The minimum absolute atomic E-state index is 0.106. The lowest BCUT2D eigenvalue weighted by atomic mass is 10.2. The fourth-order valence-corrected chi connectivity index (χ4v) is 3.07. The summed E-state index contributed by atoms with van der Waals surface area (Å²) >= 11 is 0. The second-order valence-electron chi connectivity index (χ2n) is 5.84. The van der Waals surface area contributed by atoms with Crippen LogP contribution >= 0.6 is 0 Å². The number of pyridine rings is 1. The van der Waals surface area contributed by atoms with Gasteiger partial charge in [0.05, 0.1) is 5.69 Å². The van der Waals surface area contributed by atoms with Gasteiger partial charge in [-0.15, -0.1) is 10.1 Å². The highest BCUT2D eigenvalue weighted by molar-refractivity contribution is 7.90. The lowest BCUT2D eigenvalue weighted by Crippen LogP contribution is -2.42. The molecule has 1 aromatic heterocycles. The van der Waals surface area contributed by atoms with Gasteiger partial charge in [-0.3, -0.25) is 4.98 Å². The number of carbonyl (C=O) groups excluding carboxylic acids is 1. The number of carbonyl (C=O) groups is 1. The van der Waals surface area contributed by atoms with Gasteiger partial charge in [-0.2, -0.15) is 0 Å². The molecule has 0 aliphatic rings. The summed E-state index contributed by atoms with van der Waals surface area (Å²) in [5.41, 5.74) is 2.11. The summed E-state index contributed by atoms with van der Waals surface area (Å²) in [6.07, 6.45) is 2.68. The monoisotopic (exact) mass is 411 g/mol. The number of sulfonamides is 1. The van der Waals surface area contributed by atoms with E-state index < -0.39 is 21.1 Å². The number of anilines is 2. The van der Waals surface area contributed by atoms with Crippen molar-refractivity contribution in [3.63, 3.8) is 0 Å². The summed E-state index contributed by atoms with van der Waals surface area (Å²) in [5, 5.41) is 19.2. The van der Waals surface area contributed by atoms with Gasteiger partial charge in [-0.25, -0.2) is 17.9 Å². The van der Waals surface area contributed by atoms with Crippen LogP contribution in [0, 0.1) is 17.0 Å². The van der Waals surface area contributed by atoms with Crippen molar-refractivity contribution in [2.45, 2.75) is 31.7 Å². The third-order valence-electron chi connectivity index (χ3n) is 3.02. The van der Waals surface area contributed by atoms with E-state index in [2.05, 4.69) is 15.6 Å². The molecular formula is C16H21N5O6S. The SMILES string of the molecule is Cc1cccc(Nc2ccncc2S(=O)(=O)NC(=O)NC(C)C)c1.O=[N+]([O-])O. The van der Waals surface area contributed by atoms with E-state index in [0.717, 1.165) is 11.3 Å². The number of nitrogens with zero attached hydrogens (tertiary/aromatic N) is 2. The quantitative estimate of drug-likeness (QED) is 0.429. The molecule has 1 heterocycles. The van der Waals surface area contributed by atoms with Crippen molar-refractivity contribution in [1.29, 1.82) is 0 Å². The number of rotatable bonds is 5. The number of hydrogen-bond acceptors (Lipinski definition) is 7. The van der Waals surface area contributed by atoms with Crippen molar-refractivity contribution in [3.8, 4) is 0 Å². The minimum Gasteiger partial charge on any atom is -0.354 e. The molecule has 0 atom stereocenters. The van der Waals surface area contributed by atoms with Gasteiger partial charge in [0, 0.05) is 24.1 Å². The molecule has 1 aromatic carbocycles. The molecular weight excluding hydrogens is 390 g/mol. The van der Waals surface area contributed by atoms with Gasteiger partial charge in [-0.05, 0) is 44.5 Å². The van der Waals surface area contributed by atoms with Crippen LogP contribution in [-0.2, 0) is 10.0 Å². The molecule has 2 amide bonds. The van der Waals surface area contributed by atoms with Gasteiger partial charge in [0.15, 0.2) is 0 Å². The first-order valence-electron chi connectivity index (χ1n) is 7.95. The normalized spacial score (nSPS) is 10.4. The van der Waals surface area contributed by atoms with E-state index in [1.54, 1.807) is 13.8 Å². The number of hydrogen-bond donors (Lipinski definition) is 4. The maximum atomic E-state index is 12.5. The van der Waals surface area contributed by atoms with Crippen LogP contribution in [0.25, 0.3) is 0 Å². The summed E-state index contributed by atoms with van der Waals surface area (Å²) < 4.78 is 26.9. The molecule has 4 N–H and O–H groups in total. The zero-order valence-electron chi connectivity index (χ0n) is 15.4. The van der Waals surface area contributed by atoms with Crippen molar-refractivity contribution in [1.82, 2.24) is 15.0 Å². The van der Waals surface area contributed by atoms with Crippen molar-refractivity contribution >= 4 is 27.4 Å². The third-order valence-corrected chi connectivity index (χ3v) is 4.38. The fourth-order valence-electron chi connectivity index (χ4n) is 2.04. The van der Waals surface area contributed by atoms with E-state index in [9.17, 15) is 13.2 Å². The zero-order valence-corrected chi connectivity index (χ0v) is 16.2. The Morgan fingerprint density at radius 3 is 2.50 bits per heavy atom. The molecule has 0 saturated carbocycles. The Hall–Kier alpha value is -3.41. The van der Waals surface area contributed by atoms with Gasteiger partial charge >= 0.3 is 6.03 Å². The van der Waals surface area contributed by atoms with E-state index in [1.807, 2.05) is 35.9 Å². The highest BCUT2D eigenvalue weighted by atomic mass is 32.2. The summed E-state index contributed by atoms with van der Waals surface area (Å²) in [4.78, 5) is 23.8. The molecule has 0 spiro atoms. The molecule has 11 nitrogen and oxygen atoms in total. The standard InChI is InChI=1S/C16H20N4O3S.HNO3/c1-11(2)18-16(21)20-24(22,23)15-10-17-8-7-14(15)19-13-6-4-5-12(3)9-13;2-1(3)4/h4-11H,1-3H3,(H,17,19)(H2,18,20,21);(H,2,3,4). The Morgan fingerprint density at radius 1 is 1.29 bits per heavy atom. The Balaban J connectivity index is 0.000000892. The van der Waals surface area contributed by atoms with Gasteiger partial charge in [0.2, 0.25) is 0 Å². The number of urea groups is 1. The number of nitrogens with one attached hydrogen (secondary N) is 3. The molecule has 28 heavy (non-hydrogen) atoms. The van der Waals surface area contributed by atoms with Crippen molar-refractivity contribution < 1.29 is 23.5 Å². The van der Waals surface area contributed by atoms with E-state index in [4.69, 9.17) is 15.3 Å². The van der Waals surface area contributed by atoms with Gasteiger partial charge in [-0.1, -0.05) is 12.1 Å². The zero-order chi connectivity index (χ0) is 21.3. The van der Waals surface area contributed by atoms with Crippen LogP contribution in [0.1, 0.15) is 19.4 Å². The van der Waals surface area contributed by atoms with E-state index >= 15 is 0 Å². The molecule has 0 unspecified atom stereocenters. The first kappa shape index (κ1) is 22.6. The van der Waals surface area contributed by atoms with E-state index in [0.29, 0.717) is 5.69 Å². The summed E-state index contributed by atoms with van der Waals surface area (Å²) in [6.45, 7) is 5.41. The van der Waals surface area contributed by atoms with Gasteiger partial charge in [0.1, 0.15) is 4.90 Å². The van der Waals surface area contributed by atoms with Crippen LogP contribution in [0.4, 0.5) is 16.2 Å². The fraction of sp³-hybridized carbons (Fsp3) is 0.250. The topological polar surface area (TPSA) is 164 Å². The van der Waals surface area contributed by atoms with Crippen LogP contribution in [-0.4, -0.2) is 35.8 Å². The molecule has 152 valence electrons. The summed E-state index contributed by atoms with van der Waals surface area (Å²) in [7, 11) is -4.05. The van der Waals surface area contributed by atoms with Crippen molar-refractivity contribution in [2.24, 2.45) is 0 Å². The molecule has 0 radical (unpaired) electrons. The number of amides is 2. The second kappa shape index (κ2) is 10.1. The lowest BCUT2D eigenvalue weighted by Gasteiger charge is -2.14. The number of benzene rings is 1. The first-order valence-corrected chi connectivity index (χ1v) is 9.44. The van der Waals surface area contributed by atoms with Crippen LogP contribution in [0.2, 0.25) is 0 Å². The maximum absolute atomic E-state index is 12.5. The van der Waals surface area contributed by atoms with Gasteiger partial charge in [0.25, 0.3) is 15.1 Å². The van der Waals surface area contributed by atoms with Crippen LogP contribution < -0.4 is 15.4 Å². The Kier molecular flexibility index (Phi) is 8.13. The molecule has 12 heteroatoms. The predicted molar refractivity (Wildman–Crippen MR) is 101 cm³/mol. The number of aromatic nitrogens is 1. The highest BCUT2D eigenvalue weighted by Gasteiger charge is 2.22. The van der Waals surface area contributed by atoms with Crippen LogP contribution in [0.3, 0.4) is 0 Å². The molecule has 0 saturated heterocycles. The lowest BCUT2D eigenvalue weighted by molar-refractivity contribution is -0.742. The highest BCUT2D eigenvalue weighted by Crippen LogP contribution is 2.24. The minimum atomic E-state index is -4.05. The molecule has 0 aliphatic heterocycles. The first-order chi connectivity index (χ1) is 13.0. The molecule has 2 aromatic rings. The molecule has 0 bridgehead atoms. The van der Waals surface area contributed by atoms with E-state index in [-0.39, 0.29) is 10.9 Å². The van der Waals surface area contributed by atoms with Crippen molar-refractivity contribution in [3.05, 3.63) is 58.4 Å². The smallest absolute Gasteiger partial charge is 0.328 e. The van der Waals surface area contributed by atoms with Crippen LogP contribution in [0.5, 0.6) is 0 Å². The summed E-state index contributed by atoms with van der Waals surface area (Å²) in [6, 6.07) is 8.08. The van der Waals surface area contributed by atoms with Crippen LogP contribution in [0.15, 0.2) is 47.6 Å².